The third-order valence-corrected chi connectivity index (χ3v) is 3.30. The molecule has 1 N–H and O–H groups in total. The van der Waals surface area contributed by atoms with Crippen LogP contribution < -0.4 is 4.74 Å². The van der Waals surface area contributed by atoms with Gasteiger partial charge in [0.25, 0.3) is 0 Å². The first-order valence-corrected chi connectivity index (χ1v) is 7.20. The Kier molecular flexibility index (Phi) is 5.40. The van der Waals surface area contributed by atoms with Crippen LogP contribution in [-0.2, 0) is 26.2 Å². The van der Waals surface area contributed by atoms with E-state index in [1.807, 2.05) is 0 Å². The maximum atomic E-state index is 13.9. The van der Waals surface area contributed by atoms with Crippen molar-refractivity contribution in [1.29, 1.82) is 0 Å². The minimum atomic E-state index is -1.36. The highest BCUT2D eigenvalue weighted by Gasteiger charge is 2.34. The van der Waals surface area contributed by atoms with Crippen molar-refractivity contribution in [2.24, 2.45) is 0 Å². The van der Waals surface area contributed by atoms with Crippen LogP contribution in [0.1, 0.15) is 45.7 Å². The van der Waals surface area contributed by atoms with Crippen molar-refractivity contribution in [3.63, 3.8) is 0 Å². The van der Waals surface area contributed by atoms with E-state index in [2.05, 4.69) is 0 Å². The molecule has 23 heavy (non-hydrogen) atoms. The van der Waals surface area contributed by atoms with E-state index in [0.717, 1.165) is 12.1 Å². The van der Waals surface area contributed by atoms with Gasteiger partial charge >= 0.3 is 11.9 Å². The van der Waals surface area contributed by atoms with Gasteiger partial charge in [-0.05, 0) is 46.8 Å². The van der Waals surface area contributed by atoms with Crippen LogP contribution >= 0.6 is 0 Å². The van der Waals surface area contributed by atoms with E-state index in [1.165, 1.54) is 21.0 Å². The van der Waals surface area contributed by atoms with E-state index in [4.69, 9.17) is 9.47 Å². The van der Waals surface area contributed by atoms with Crippen molar-refractivity contribution in [3.05, 3.63) is 29.1 Å². The van der Waals surface area contributed by atoms with Crippen LogP contribution in [0.5, 0.6) is 5.75 Å². The summed E-state index contributed by atoms with van der Waals surface area (Å²) in [6.45, 7) is 8.08. The second-order valence-electron chi connectivity index (χ2n) is 6.84. The van der Waals surface area contributed by atoms with Crippen molar-refractivity contribution in [2.75, 3.05) is 7.11 Å². The molecule has 0 saturated heterocycles. The number of hydrogen-bond donors (Lipinski definition) is 1. The quantitative estimate of drug-likeness (QED) is 0.842. The van der Waals surface area contributed by atoms with Gasteiger partial charge in [0, 0.05) is 11.1 Å². The maximum absolute atomic E-state index is 13.9. The van der Waals surface area contributed by atoms with E-state index in [9.17, 15) is 19.1 Å². The summed E-state index contributed by atoms with van der Waals surface area (Å²) in [4.78, 5) is 23.4. The van der Waals surface area contributed by atoms with Crippen LogP contribution in [0.25, 0.3) is 0 Å². The average Bonchev–Trinajstić information content (AvgIpc) is 2.35. The molecule has 0 radical (unpaired) electrons. The minimum Gasteiger partial charge on any atom is -0.496 e. The van der Waals surface area contributed by atoms with Gasteiger partial charge in [-0.25, -0.2) is 4.39 Å². The summed E-state index contributed by atoms with van der Waals surface area (Å²) < 4.78 is 24.4. The summed E-state index contributed by atoms with van der Waals surface area (Å²) in [6, 6.07) is 2.27. The van der Waals surface area contributed by atoms with E-state index in [1.54, 1.807) is 20.8 Å². The number of aliphatic carboxylic acids is 1. The number of carboxylic acid groups (broad SMARTS) is 1. The Labute approximate surface area is 135 Å². The molecule has 0 unspecified atom stereocenters. The van der Waals surface area contributed by atoms with E-state index in [-0.39, 0.29) is 23.3 Å². The maximum Gasteiger partial charge on any atom is 0.313 e. The molecule has 0 atom stereocenters. The number of rotatable bonds is 5. The smallest absolute Gasteiger partial charge is 0.313 e. The standard InChI is InChI=1S/C17H23FO5/c1-16(2,3)23-13(19)8-10-7-11(18)9-12(14(10)22-6)17(4,5)15(20)21/h7,9H,8H2,1-6H3,(H,20,21). The molecule has 1 aromatic rings. The molecule has 0 aliphatic heterocycles. The van der Waals surface area contributed by atoms with E-state index >= 15 is 0 Å². The minimum absolute atomic E-state index is 0.172. The number of carbonyl (C=O) groups excluding carboxylic acids is 1. The largest absolute Gasteiger partial charge is 0.496 e. The Balaban J connectivity index is 3.32. The summed E-state index contributed by atoms with van der Waals surface area (Å²) >= 11 is 0. The van der Waals surface area contributed by atoms with E-state index in [0.29, 0.717) is 0 Å². The molecule has 6 heteroatoms. The average molecular weight is 326 g/mol. The highest BCUT2D eigenvalue weighted by molar-refractivity contribution is 5.82. The monoisotopic (exact) mass is 326 g/mol. The van der Waals surface area contributed by atoms with Crippen molar-refractivity contribution in [3.8, 4) is 5.75 Å². The molecule has 0 saturated carbocycles. The van der Waals surface area contributed by atoms with Crippen molar-refractivity contribution in [1.82, 2.24) is 0 Å². The number of methoxy groups -OCH3 is 1. The fourth-order valence-corrected chi connectivity index (χ4v) is 2.13. The molecule has 0 aliphatic rings. The molecule has 0 spiro atoms. The van der Waals surface area contributed by atoms with Gasteiger partial charge in [-0.3, -0.25) is 9.59 Å². The van der Waals surface area contributed by atoms with Gasteiger partial charge in [0.1, 0.15) is 17.2 Å². The van der Waals surface area contributed by atoms with Crippen LogP contribution in [-0.4, -0.2) is 29.8 Å². The summed E-state index contributed by atoms with van der Waals surface area (Å²) in [5, 5.41) is 9.36. The zero-order valence-electron chi connectivity index (χ0n) is 14.3. The van der Waals surface area contributed by atoms with Crippen LogP contribution in [0, 0.1) is 5.82 Å². The summed E-state index contributed by atoms with van der Waals surface area (Å²) in [5.41, 5.74) is -1.60. The Morgan fingerprint density at radius 1 is 1.17 bits per heavy atom. The highest BCUT2D eigenvalue weighted by Crippen LogP contribution is 2.36. The predicted molar refractivity (Wildman–Crippen MR) is 83.2 cm³/mol. The molecule has 0 heterocycles. The topological polar surface area (TPSA) is 72.8 Å². The zero-order valence-corrected chi connectivity index (χ0v) is 14.3. The lowest BCUT2D eigenvalue weighted by atomic mass is 9.82. The van der Waals surface area contributed by atoms with E-state index < -0.39 is 28.8 Å². The molecule has 128 valence electrons. The summed E-state index contributed by atoms with van der Waals surface area (Å²) in [5.74, 6) is -2.11. The molecule has 0 bridgehead atoms. The van der Waals surface area contributed by atoms with Crippen LogP contribution in [0.3, 0.4) is 0 Å². The number of benzene rings is 1. The fraction of sp³-hybridized carbons (Fsp3) is 0.529. The molecule has 5 nitrogen and oxygen atoms in total. The van der Waals surface area contributed by atoms with Gasteiger partial charge in [-0.2, -0.15) is 0 Å². The molecule has 0 amide bonds. The van der Waals surface area contributed by atoms with Crippen LogP contribution in [0.15, 0.2) is 12.1 Å². The van der Waals surface area contributed by atoms with Crippen molar-refractivity contribution >= 4 is 11.9 Å². The van der Waals surface area contributed by atoms with Gasteiger partial charge in [-0.1, -0.05) is 0 Å². The predicted octanol–water partition coefficient (Wildman–Crippen LogP) is 3.08. The number of carboxylic acids is 1. The first-order chi connectivity index (χ1) is 10.4. The summed E-state index contributed by atoms with van der Waals surface area (Å²) in [6.07, 6.45) is -0.207. The van der Waals surface area contributed by atoms with Crippen molar-refractivity contribution < 1.29 is 28.6 Å². The number of halogens is 1. The molecular weight excluding hydrogens is 303 g/mol. The van der Waals surface area contributed by atoms with Crippen LogP contribution in [0.2, 0.25) is 0 Å². The van der Waals surface area contributed by atoms with Gasteiger partial charge < -0.3 is 14.6 Å². The molecule has 1 rings (SSSR count). The lowest BCUT2D eigenvalue weighted by Gasteiger charge is -2.25. The van der Waals surface area contributed by atoms with Gasteiger partial charge in [0.15, 0.2) is 0 Å². The fourth-order valence-electron chi connectivity index (χ4n) is 2.13. The highest BCUT2D eigenvalue weighted by atomic mass is 19.1. The second-order valence-corrected chi connectivity index (χ2v) is 6.84. The lowest BCUT2D eigenvalue weighted by Crippen LogP contribution is -2.30. The molecule has 1 aromatic carbocycles. The zero-order chi connectivity index (χ0) is 18.0. The SMILES string of the molecule is COc1c(CC(=O)OC(C)(C)C)cc(F)cc1C(C)(C)C(=O)O. The van der Waals surface area contributed by atoms with Crippen molar-refractivity contribution in [2.45, 2.75) is 52.1 Å². The van der Waals surface area contributed by atoms with Gasteiger partial charge in [0.05, 0.1) is 18.9 Å². The normalized spacial score (nSPS) is 12.0. The number of hydrogen-bond acceptors (Lipinski definition) is 4. The number of esters is 1. The molecule has 0 aromatic heterocycles. The number of ether oxygens (including phenoxy) is 2. The Morgan fingerprint density at radius 2 is 1.74 bits per heavy atom. The Bertz CT molecular complexity index is 614. The first-order valence-electron chi connectivity index (χ1n) is 7.20. The summed E-state index contributed by atoms with van der Waals surface area (Å²) in [7, 11) is 1.35. The lowest BCUT2D eigenvalue weighted by molar-refractivity contribution is -0.154. The Morgan fingerprint density at radius 3 is 2.17 bits per heavy atom. The van der Waals surface area contributed by atoms with Crippen LogP contribution in [0.4, 0.5) is 4.39 Å². The van der Waals surface area contributed by atoms with Gasteiger partial charge in [0.2, 0.25) is 0 Å². The molecule has 0 fully saturated rings. The third kappa shape index (κ3) is 4.68. The van der Waals surface area contributed by atoms with Gasteiger partial charge in [-0.15, -0.1) is 0 Å². The Hall–Kier alpha value is -2.11. The third-order valence-electron chi connectivity index (χ3n) is 3.30. The molecular formula is C17H23FO5. The number of carbonyl (C=O) groups is 2. The molecule has 0 aliphatic carbocycles. The second kappa shape index (κ2) is 6.56. The first kappa shape index (κ1) is 18.9.